The second-order valence-electron chi connectivity index (χ2n) is 6.04. The number of ether oxygens (including phenoxy) is 1. The largest absolute Gasteiger partial charge is 0.423 e. The van der Waals surface area contributed by atoms with E-state index < -0.39 is 0 Å². The van der Waals surface area contributed by atoms with E-state index in [1.807, 2.05) is 17.5 Å². The number of tetrazole rings is 1. The topological polar surface area (TPSA) is 69.9 Å². The zero-order chi connectivity index (χ0) is 16.5. The number of nitrogens with zero attached hydrogens (tertiary/aromatic N) is 4. The number of rotatable bonds is 3. The second kappa shape index (κ2) is 6.16. The van der Waals surface area contributed by atoms with Crippen LogP contribution in [0.5, 0.6) is 5.75 Å². The fraction of sp³-hybridized carbons (Fsp3) is 0.294. The summed E-state index contributed by atoms with van der Waals surface area (Å²) >= 11 is 1.66. The van der Waals surface area contributed by atoms with Crippen molar-refractivity contribution in [3.05, 3.63) is 52.0 Å². The molecule has 4 rings (SSSR count). The van der Waals surface area contributed by atoms with E-state index in [0.717, 1.165) is 24.9 Å². The van der Waals surface area contributed by atoms with Crippen LogP contribution in [0.2, 0.25) is 0 Å². The van der Waals surface area contributed by atoms with Crippen LogP contribution in [0, 0.1) is 5.92 Å². The van der Waals surface area contributed by atoms with E-state index in [4.69, 9.17) is 4.74 Å². The van der Waals surface area contributed by atoms with Gasteiger partial charge in [0.2, 0.25) is 0 Å². The highest BCUT2D eigenvalue weighted by atomic mass is 32.1. The molecule has 2 aromatic heterocycles. The molecule has 2 heterocycles. The summed E-state index contributed by atoms with van der Waals surface area (Å²) in [6, 6.07) is 7.16. The normalized spacial score (nSPS) is 16.6. The summed E-state index contributed by atoms with van der Waals surface area (Å²) in [6.07, 6.45) is 4.63. The zero-order valence-corrected chi connectivity index (χ0v) is 14.0. The summed E-state index contributed by atoms with van der Waals surface area (Å²) in [4.78, 5) is 13.9. The number of thiophene rings is 1. The molecule has 1 aliphatic carbocycles. The molecule has 0 saturated carbocycles. The molecule has 122 valence electrons. The van der Waals surface area contributed by atoms with Crippen molar-refractivity contribution in [3.63, 3.8) is 0 Å². The molecule has 0 unspecified atom stereocenters. The van der Waals surface area contributed by atoms with Gasteiger partial charge in [0.25, 0.3) is 0 Å². The predicted octanol–water partition coefficient (Wildman–Crippen LogP) is 3.07. The Balaban J connectivity index is 1.56. The third kappa shape index (κ3) is 2.82. The lowest BCUT2D eigenvalue weighted by atomic mass is 9.88. The third-order valence-electron chi connectivity index (χ3n) is 4.26. The van der Waals surface area contributed by atoms with E-state index in [2.05, 4.69) is 22.4 Å². The van der Waals surface area contributed by atoms with Gasteiger partial charge in [-0.15, -0.1) is 16.4 Å². The smallest absolute Gasteiger partial charge is 0.344 e. The van der Waals surface area contributed by atoms with Crippen molar-refractivity contribution in [3.8, 4) is 11.4 Å². The molecular formula is C17H16N4O2S. The summed E-state index contributed by atoms with van der Waals surface area (Å²) in [6.45, 7) is 2.26. The lowest BCUT2D eigenvalue weighted by Crippen LogP contribution is -2.15. The van der Waals surface area contributed by atoms with Gasteiger partial charge in [-0.25, -0.2) is 9.48 Å². The number of hydrogen-bond donors (Lipinski definition) is 0. The van der Waals surface area contributed by atoms with Gasteiger partial charge in [0.05, 0.1) is 11.3 Å². The number of carbonyl (C=O) groups is 1. The monoisotopic (exact) mass is 340 g/mol. The molecule has 0 N–H and O–H groups in total. The molecule has 0 fully saturated rings. The lowest BCUT2D eigenvalue weighted by molar-refractivity contribution is 0.0734. The Bertz CT molecular complexity index is 873. The van der Waals surface area contributed by atoms with Crippen molar-refractivity contribution < 1.29 is 9.53 Å². The van der Waals surface area contributed by atoms with Gasteiger partial charge >= 0.3 is 5.97 Å². The first-order valence-corrected chi connectivity index (χ1v) is 8.73. The SMILES string of the molecule is C[C@@H]1CCc2c(C(=O)Oc3cccc(-n4cnnn4)c3)csc2C1. The molecule has 0 bridgehead atoms. The van der Waals surface area contributed by atoms with Crippen LogP contribution in [0.15, 0.2) is 36.0 Å². The van der Waals surface area contributed by atoms with Crippen molar-refractivity contribution in [1.82, 2.24) is 20.2 Å². The van der Waals surface area contributed by atoms with Crippen molar-refractivity contribution in [2.24, 2.45) is 5.92 Å². The summed E-state index contributed by atoms with van der Waals surface area (Å²) in [5.74, 6) is 0.876. The summed E-state index contributed by atoms with van der Waals surface area (Å²) in [5.41, 5.74) is 2.61. The van der Waals surface area contributed by atoms with Crippen LogP contribution in [-0.2, 0) is 12.8 Å². The molecule has 7 heteroatoms. The number of fused-ring (bicyclic) bond motifs is 1. The van der Waals surface area contributed by atoms with Gasteiger partial charge < -0.3 is 4.74 Å². The minimum atomic E-state index is -0.295. The van der Waals surface area contributed by atoms with Crippen LogP contribution in [0.1, 0.15) is 34.1 Å². The van der Waals surface area contributed by atoms with Crippen molar-refractivity contribution in [2.75, 3.05) is 0 Å². The van der Waals surface area contributed by atoms with E-state index in [1.165, 1.54) is 21.4 Å². The Labute approximate surface area is 143 Å². The molecule has 0 aliphatic heterocycles. The van der Waals surface area contributed by atoms with Crippen LogP contribution < -0.4 is 4.74 Å². The van der Waals surface area contributed by atoms with Gasteiger partial charge in [0.1, 0.15) is 12.1 Å². The Kier molecular flexibility index (Phi) is 3.86. The molecule has 3 aromatic rings. The molecule has 0 radical (unpaired) electrons. The summed E-state index contributed by atoms with van der Waals surface area (Å²) < 4.78 is 7.10. The second-order valence-corrected chi connectivity index (χ2v) is 7.00. The van der Waals surface area contributed by atoms with E-state index in [0.29, 0.717) is 17.2 Å². The van der Waals surface area contributed by atoms with Crippen LogP contribution in [-0.4, -0.2) is 26.2 Å². The number of hydrogen-bond acceptors (Lipinski definition) is 6. The van der Waals surface area contributed by atoms with Gasteiger partial charge in [-0.05, 0) is 53.3 Å². The van der Waals surface area contributed by atoms with Crippen LogP contribution in [0.25, 0.3) is 5.69 Å². The Morgan fingerprint density at radius 2 is 2.33 bits per heavy atom. The molecule has 0 amide bonds. The fourth-order valence-electron chi connectivity index (χ4n) is 2.98. The maximum absolute atomic E-state index is 12.6. The summed E-state index contributed by atoms with van der Waals surface area (Å²) in [7, 11) is 0. The van der Waals surface area contributed by atoms with Crippen molar-refractivity contribution >= 4 is 17.3 Å². The average Bonchev–Trinajstić information content (AvgIpc) is 3.24. The van der Waals surface area contributed by atoms with Gasteiger partial charge in [-0.3, -0.25) is 0 Å². The van der Waals surface area contributed by atoms with E-state index in [9.17, 15) is 4.79 Å². The average molecular weight is 340 g/mol. The minimum absolute atomic E-state index is 0.295. The number of aromatic nitrogens is 4. The van der Waals surface area contributed by atoms with Crippen LogP contribution in [0.3, 0.4) is 0 Å². The van der Waals surface area contributed by atoms with Gasteiger partial charge in [-0.1, -0.05) is 13.0 Å². The van der Waals surface area contributed by atoms with Crippen LogP contribution >= 0.6 is 11.3 Å². The highest BCUT2D eigenvalue weighted by Crippen LogP contribution is 2.33. The zero-order valence-electron chi connectivity index (χ0n) is 13.2. The Morgan fingerprint density at radius 1 is 1.42 bits per heavy atom. The molecule has 1 atom stereocenters. The molecule has 0 spiro atoms. The van der Waals surface area contributed by atoms with E-state index in [-0.39, 0.29) is 5.97 Å². The Hall–Kier alpha value is -2.54. The highest BCUT2D eigenvalue weighted by molar-refractivity contribution is 7.10. The quantitative estimate of drug-likeness (QED) is 0.541. The molecular weight excluding hydrogens is 324 g/mol. The Morgan fingerprint density at radius 3 is 3.17 bits per heavy atom. The predicted molar refractivity (Wildman–Crippen MR) is 89.6 cm³/mol. The van der Waals surface area contributed by atoms with Crippen LogP contribution in [0.4, 0.5) is 0 Å². The number of esters is 1. The third-order valence-corrected chi connectivity index (χ3v) is 5.31. The lowest BCUT2D eigenvalue weighted by Gasteiger charge is -2.18. The van der Waals surface area contributed by atoms with Gasteiger partial charge in [-0.2, -0.15) is 0 Å². The molecule has 1 aromatic carbocycles. The van der Waals surface area contributed by atoms with Crippen molar-refractivity contribution in [1.29, 1.82) is 0 Å². The van der Waals surface area contributed by atoms with E-state index in [1.54, 1.807) is 23.5 Å². The first kappa shape index (κ1) is 15.0. The molecule has 6 nitrogen and oxygen atoms in total. The maximum atomic E-state index is 12.6. The minimum Gasteiger partial charge on any atom is -0.423 e. The highest BCUT2D eigenvalue weighted by Gasteiger charge is 2.24. The summed E-state index contributed by atoms with van der Waals surface area (Å²) in [5, 5.41) is 13.0. The van der Waals surface area contributed by atoms with Crippen molar-refractivity contribution in [2.45, 2.75) is 26.2 Å². The molecule has 1 aliphatic rings. The first-order chi connectivity index (χ1) is 11.7. The first-order valence-electron chi connectivity index (χ1n) is 7.85. The maximum Gasteiger partial charge on any atom is 0.344 e. The van der Waals surface area contributed by atoms with E-state index >= 15 is 0 Å². The standard InChI is InChI=1S/C17H16N4O2S/c1-11-5-6-14-15(9-24-16(14)7-11)17(22)23-13-4-2-3-12(8-13)21-10-18-19-20-21/h2-4,8-11H,5-7H2,1H3/t11-/m1/s1. The number of carbonyl (C=O) groups excluding carboxylic acids is 1. The van der Waals surface area contributed by atoms with Gasteiger partial charge in [0, 0.05) is 16.3 Å². The molecule has 24 heavy (non-hydrogen) atoms. The van der Waals surface area contributed by atoms with Gasteiger partial charge in [0.15, 0.2) is 0 Å². The molecule has 0 saturated heterocycles. The fourth-order valence-corrected chi connectivity index (χ4v) is 4.21. The number of benzene rings is 1.